The molecule has 0 bridgehead atoms. The van der Waals surface area contributed by atoms with E-state index in [0.717, 1.165) is 36.4 Å². The van der Waals surface area contributed by atoms with Gasteiger partial charge >= 0.3 is 0 Å². The highest BCUT2D eigenvalue weighted by atomic mass is 19.2. The number of pyridine rings is 3. The van der Waals surface area contributed by atoms with Crippen LogP contribution in [0.4, 0.5) is 26.3 Å². The Morgan fingerprint density at radius 2 is 0.848 bits per heavy atom. The fraction of sp³-hybridized carbons (Fsp3) is 0.108. The summed E-state index contributed by atoms with van der Waals surface area (Å²) in [5.74, 6) is -6.09. The van der Waals surface area contributed by atoms with Crippen molar-refractivity contribution in [1.82, 2.24) is 0 Å². The Bertz CT molecular complexity index is 2110. The number of benzene rings is 3. The fourth-order valence-corrected chi connectivity index (χ4v) is 5.72. The average molecular weight is 629 g/mol. The Balaban J connectivity index is 1.47. The van der Waals surface area contributed by atoms with E-state index in [1.807, 2.05) is 6.07 Å². The van der Waals surface area contributed by atoms with Crippen LogP contribution in [0.5, 0.6) is 0 Å². The van der Waals surface area contributed by atoms with Crippen LogP contribution in [0.15, 0.2) is 110 Å². The van der Waals surface area contributed by atoms with Crippen molar-refractivity contribution in [3.05, 3.63) is 161 Å². The van der Waals surface area contributed by atoms with E-state index in [1.165, 1.54) is 0 Å². The lowest BCUT2D eigenvalue weighted by molar-refractivity contribution is -0.680. The van der Waals surface area contributed by atoms with Gasteiger partial charge in [0.15, 0.2) is 66.6 Å². The molecule has 0 aliphatic rings. The second-order valence-electron chi connectivity index (χ2n) is 11.1. The number of aryl methyl sites for hydroxylation is 2. The van der Waals surface area contributed by atoms with Crippen LogP contribution in [-0.4, -0.2) is 0 Å². The minimum atomic E-state index is -1.06. The maximum atomic E-state index is 14.9. The van der Waals surface area contributed by atoms with Gasteiger partial charge in [-0.05, 0) is 67.1 Å². The molecule has 0 spiro atoms. The van der Waals surface area contributed by atoms with Crippen molar-refractivity contribution in [3.8, 4) is 33.8 Å². The Hall–Kier alpha value is -5.31. The summed E-state index contributed by atoms with van der Waals surface area (Å²) in [5, 5.41) is 0. The molecule has 0 saturated carbocycles. The lowest BCUT2D eigenvalue weighted by Crippen LogP contribution is -2.39. The van der Waals surface area contributed by atoms with Crippen molar-refractivity contribution in [3.63, 3.8) is 0 Å². The predicted octanol–water partition coefficient (Wildman–Crippen LogP) is 7.33. The molecule has 0 aliphatic carbocycles. The van der Waals surface area contributed by atoms with Gasteiger partial charge in [0.25, 0.3) is 0 Å². The third-order valence-electron chi connectivity index (χ3n) is 8.00. The monoisotopic (exact) mass is 628 g/mol. The first kappa shape index (κ1) is 30.7. The number of halogens is 6. The van der Waals surface area contributed by atoms with Crippen molar-refractivity contribution in [2.45, 2.75) is 20.0 Å². The molecule has 230 valence electrons. The molecule has 6 aromatic rings. The maximum absolute atomic E-state index is 14.9. The van der Waals surface area contributed by atoms with E-state index in [0.29, 0.717) is 50.5 Å². The molecule has 3 nitrogen and oxygen atoms in total. The Kier molecular flexibility index (Phi) is 8.41. The smallest absolute Gasteiger partial charge is 0.204 e. The first-order valence-electron chi connectivity index (χ1n) is 14.4. The van der Waals surface area contributed by atoms with Crippen molar-refractivity contribution >= 4 is 0 Å². The zero-order valence-electron chi connectivity index (χ0n) is 24.9. The molecule has 3 heterocycles. The molecule has 0 atom stereocenters. The standard InChI is InChI=1S/C37H28F6N3/c1-23-15-29(38)32(41)18-26(23)36-10-4-7-13-45(36)22-25-17-31(40)34(43)20-28(25)37-11-5-8-14-46(37)21-24-16-30(39)33(42)19-27(24)35-9-3-6-12-44(35)2/h3-20H,21-22H2,1-2H3/q+3. The van der Waals surface area contributed by atoms with E-state index in [4.69, 9.17) is 0 Å². The van der Waals surface area contributed by atoms with Gasteiger partial charge < -0.3 is 0 Å². The number of hydrogen-bond donors (Lipinski definition) is 0. The van der Waals surface area contributed by atoms with Crippen LogP contribution < -0.4 is 13.7 Å². The van der Waals surface area contributed by atoms with E-state index in [9.17, 15) is 26.3 Å². The van der Waals surface area contributed by atoms with Crippen molar-refractivity contribution in [2.24, 2.45) is 7.05 Å². The van der Waals surface area contributed by atoms with Crippen LogP contribution >= 0.6 is 0 Å². The third-order valence-corrected chi connectivity index (χ3v) is 8.00. The molecular weight excluding hydrogens is 600 g/mol. The summed E-state index contributed by atoms with van der Waals surface area (Å²) in [6.07, 6.45) is 5.24. The first-order valence-corrected chi connectivity index (χ1v) is 14.4. The quantitative estimate of drug-likeness (QED) is 0.130. The van der Waals surface area contributed by atoms with Crippen LogP contribution in [0.2, 0.25) is 0 Å². The first-order chi connectivity index (χ1) is 22.1. The number of aromatic nitrogens is 3. The van der Waals surface area contributed by atoms with E-state index in [1.54, 1.807) is 94.8 Å². The van der Waals surface area contributed by atoms with Crippen molar-refractivity contribution in [1.29, 1.82) is 0 Å². The van der Waals surface area contributed by atoms with Gasteiger partial charge in [-0.3, -0.25) is 0 Å². The summed E-state index contributed by atoms with van der Waals surface area (Å²) in [7, 11) is 1.80. The van der Waals surface area contributed by atoms with Crippen LogP contribution in [-0.2, 0) is 20.1 Å². The Morgan fingerprint density at radius 1 is 0.457 bits per heavy atom. The summed E-state index contributed by atoms with van der Waals surface area (Å²) < 4.78 is 92.3. The molecule has 0 fully saturated rings. The molecule has 0 amide bonds. The fourth-order valence-electron chi connectivity index (χ4n) is 5.72. The minimum absolute atomic E-state index is 0.0479. The van der Waals surface area contributed by atoms with Gasteiger partial charge in [0.05, 0.1) is 16.7 Å². The summed E-state index contributed by atoms with van der Waals surface area (Å²) in [5.41, 5.74) is 4.33. The maximum Gasteiger partial charge on any atom is 0.213 e. The number of hydrogen-bond acceptors (Lipinski definition) is 0. The van der Waals surface area contributed by atoms with Gasteiger partial charge in [-0.15, -0.1) is 0 Å². The molecule has 0 aliphatic heterocycles. The summed E-state index contributed by atoms with van der Waals surface area (Å²) >= 11 is 0. The molecule has 6 rings (SSSR count). The lowest BCUT2D eigenvalue weighted by Gasteiger charge is -2.12. The van der Waals surface area contributed by atoms with Gasteiger partial charge in [-0.25, -0.2) is 30.9 Å². The molecule has 0 unspecified atom stereocenters. The molecule has 3 aromatic heterocycles. The summed E-state index contributed by atoms with van der Waals surface area (Å²) in [4.78, 5) is 0. The molecule has 0 saturated heterocycles. The largest absolute Gasteiger partial charge is 0.213 e. The normalized spacial score (nSPS) is 11.2. The molecular formula is C37H28F6N3+3. The average Bonchev–Trinajstić information content (AvgIpc) is 3.03. The zero-order valence-corrected chi connectivity index (χ0v) is 24.9. The number of rotatable bonds is 7. The second-order valence-corrected chi connectivity index (χ2v) is 11.1. The highest BCUT2D eigenvalue weighted by molar-refractivity contribution is 5.64. The highest BCUT2D eigenvalue weighted by Gasteiger charge is 2.26. The molecule has 0 N–H and O–H groups in total. The van der Waals surface area contributed by atoms with Crippen LogP contribution in [0, 0.1) is 41.8 Å². The molecule has 46 heavy (non-hydrogen) atoms. The predicted molar refractivity (Wildman–Crippen MR) is 160 cm³/mol. The Morgan fingerprint density at radius 3 is 1.37 bits per heavy atom. The van der Waals surface area contributed by atoms with Crippen LogP contribution in [0.3, 0.4) is 0 Å². The number of nitrogens with zero attached hydrogens (tertiary/aromatic N) is 3. The van der Waals surface area contributed by atoms with Gasteiger partial charge in [0.2, 0.25) is 17.1 Å². The topological polar surface area (TPSA) is 11.6 Å². The third kappa shape index (κ3) is 6.00. The SMILES string of the molecule is Cc1cc(F)c(F)cc1-c1cccc[n+]1Cc1cc(F)c(F)cc1-c1cccc[n+]1Cc1cc(F)c(F)cc1-c1cccc[n+]1C. The van der Waals surface area contributed by atoms with Gasteiger partial charge in [-0.1, -0.05) is 0 Å². The van der Waals surface area contributed by atoms with Gasteiger partial charge in [0.1, 0.15) is 7.05 Å². The minimum Gasteiger partial charge on any atom is -0.204 e. The van der Waals surface area contributed by atoms with Crippen LogP contribution in [0.25, 0.3) is 33.8 Å². The Labute approximate surface area is 261 Å². The van der Waals surface area contributed by atoms with E-state index >= 15 is 0 Å². The zero-order chi connectivity index (χ0) is 32.5. The van der Waals surface area contributed by atoms with Gasteiger partial charge in [-0.2, -0.15) is 9.13 Å². The van der Waals surface area contributed by atoms with E-state index in [-0.39, 0.29) is 13.1 Å². The second kappa shape index (κ2) is 12.6. The van der Waals surface area contributed by atoms with E-state index < -0.39 is 34.9 Å². The molecule has 0 radical (unpaired) electrons. The highest BCUT2D eigenvalue weighted by Crippen LogP contribution is 2.29. The van der Waals surface area contributed by atoms with E-state index in [2.05, 4.69) is 0 Å². The van der Waals surface area contributed by atoms with Gasteiger partial charge in [0, 0.05) is 47.5 Å². The summed E-state index contributed by atoms with van der Waals surface area (Å²) in [6.45, 7) is 1.78. The van der Waals surface area contributed by atoms with Crippen LogP contribution in [0.1, 0.15) is 16.7 Å². The lowest BCUT2D eigenvalue weighted by atomic mass is 9.99. The molecule has 3 aromatic carbocycles. The van der Waals surface area contributed by atoms with Crippen molar-refractivity contribution in [2.75, 3.05) is 0 Å². The molecule has 9 heteroatoms. The summed E-state index contributed by atoms with van der Waals surface area (Å²) in [6, 6.07) is 22.6. The van der Waals surface area contributed by atoms with Crippen molar-refractivity contribution < 1.29 is 40.0 Å².